The molecule has 0 aromatic rings. The van der Waals surface area contributed by atoms with E-state index in [1.54, 1.807) is 0 Å². The number of likely N-dealkylation sites (N-methyl/N-ethyl adjacent to an activating group) is 1. The standard InChI is InChI=1S/C12H23NO3/c1-13(8-11-3-2-5-16-11)7-10-9-15-6-4-12(10)14/h10-12,14H,2-9H2,1H3. The summed E-state index contributed by atoms with van der Waals surface area (Å²) in [4.78, 5) is 2.26. The van der Waals surface area contributed by atoms with Gasteiger partial charge in [0.15, 0.2) is 0 Å². The maximum absolute atomic E-state index is 9.84. The summed E-state index contributed by atoms with van der Waals surface area (Å²) < 4.78 is 11.0. The molecule has 4 nitrogen and oxygen atoms in total. The zero-order valence-electron chi connectivity index (χ0n) is 10.1. The van der Waals surface area contributed by atoms with E-state index in [2.05, 4.69) is 11.9 Å². The highest BCUT2D eigenvalue weighted by atomic mass is 16.5. The van der Waals surface area contributed by atoms with Crippen LogP contribution in [-0.4, -0.2) is 62.2 Å². The molecule has 0 amide bonds. The van der Waals surface area contributed by atoms with E-state index in [1.165, 1.54) is 12.8 Å². The number of hydrogen-bond acceptors (Lipinski definition) is 4. The molecular formula is C12H23NO3. The molecule has 2 saturated heterocycles. The zero-order chi connectivity index (χ0) is 11.4. The van der Waals surface area contributed by atoms with Gasteiger partial charge in [-0.05, 0) is 26.3 Å². The summed E-state index contributed by atoms with van der Waals surface area (Å²) in [5.74, 6) is 0.264. The van der Waals surface area contributed by atoms with Gasteiger partial charge in [0.1, 0.15) is 0 Å². The van der Waals surface area contributed by atoms with E-state index < -0.39 is 0 Å². The number of ether oxygens (including phenoxy) is 2. The summed E-state index contributed by atoms with van der Waals surface area (Å²) >= 11 is 0. The minimum absolute atomic E-state index is 0.194. The highest BCUT2D eigenvalue weighted by Crippen LogP contribution is 2.17. The average Bonchev–Trinajstić information content (AvgIpc) is 2.74. The Morgan fingerprint density at radius 1 is 1.25 bits per heavy atom. The van der Waals surface area contributed by atoms with Crippen LogP contribution in [0.5, 0.6) is 0 Å². The lowest BCUT2D eigenvalue weighted by molar-refractivity contribution is -0.0477. The molecule has 0 radical (unpaired) electrons. The number of rotatable bonds is 4. The lowest BCUT2D eigenvalue weighted by Crippen LogP contribution is -2.41. The molecule has 0 spiro atoms. The van der Waals surface area contributed by atoms with Gasteiger partial charge in [-0.25, -0.2) is 0 Å². The molecule has 2 fully saturated rings. The van der Waals surface area contributed by atoms with Crippen LogP contribution in [0.25, 0.3) is 0 Å². The summed E-state index contributed by atoms with van der Waals surface area (Å²) in [5.41, 5.74) is 0. The quantitative estimate of drug-likeness (QED) is 0.762. The van der Waals surface area contributed by atoms with Crippen molar-refractivity contribution in [3.8, 4) is 0 Å². The Hall–Kier alpha value is -0.160. The third kappa shape index (κ3) is 3.42. The van der Waals surface area contributed by atoms with Gasteiger partial charge in [-0.1, -0.05) is 0 Å². The Bertz CT molecular complexity index is 206. The average molecular weight is 229 g/mol. The maximum Gasteiger partial charge on any atom is 0.0702 e. The first-order valence-corrected chi connectivity index (χ1v) is 6.31. The largest absolute Gasteiger partial charge is 0.393 e. The monoisotopic (exact) mass is 229 g/mol. The highest BCUT2D eigenvalue weighted by Gasteiger charge is 2.26. The molecule has 0 aliphatic carbocycles. The first kappa shape index (κ1) is 12.3. The molecule has 2 aliphatic heterocycles. The minimum Gasteiger partial charge on any atom is -0.393 e. The Morgan fingerprint density at radius 2 is 2.12 bits per heavy atom. The molecule has 1 N–H and O–H groups in total. The fourth-order valence-electron chi connectivity index (χ4n) is 2.57. The number of hydrogen-bond donors (Lipinski definition) is 1. The molecule has 4 heteroatoms. The van der Waals surface area contributed by atoms with Crippen LogP contribution in [0.2, 0.25) is 0 Å². The molecule has 3 unspecified atom stereocenters. The van der Waals surface area contributed by atoms with Crippen LogP contribution in [0.15, 0.2) is 0 Å². The molecular weight excluding hydrogens is 206 g/mol. The van der Waals surface area contributed by atoms with Crippen molar-refractivity contribution >= 4 is 0 Å². The summed E-state index contributed by atoms with van der Waals surface area (Å²) in [7, 11) is 2.10. The van der Waals surface area contributed by atoms with Crippen molar-refractivity contribution in [1.29, 1.82) is 0 Å². The van der Waals surface area contributed by atoms with E-state index in [0.717, 1.165) is 26.1 Å². The van der Waals surface area contributed by atoms with E-state index in [4.69, 9.17) is 9.47 Å². The Labute approximate surface area is 97.5 Å². The third-order valence-electron chi connectivity index (χ3n) is 3.52. The van der Waals surface area contributed by atoms with E-state index in [0.29, 0.717) is 19.3 Å². The second kappa shape index (κ2) is 5.96. The van der Waals surface area contributed by atoms with Crippen LogP contribution < -0.4 is 0 Å². The van der Waals surface area contributed by atoms with Gasteiger partial charge < -0.3 is 19.5 Å². The first-order chi connectivity index (χ1) is 7.75. The topological polar surface area (TPSA) is 41.9 Å². The molecule has 16 heavy (non-hydrogen) atoms. The fraction of sp³-hybridized carbons (Fsp3) is 1.00. The van der Waals surface area contributed by atoms with Gasteiger partial charge in [-0.3, -0.25) is 0 Å². The molecule has 0 aromatic heterocycles. The van der Waals surface area contributed by atoms with Crippen molar-refractivity contribution < 1.29 is 14.6 Å². The number of aliphatic hydroxyl groups is 1. The molecule has 0 saturated carbocycles. The molecule has 2 heterocycles. The van der Waals surface area contributed by atoms with Crippen molar-refractivity contribution in [1.82, 2.24) is 4.90 Å². The summed E-state index contributed by atoms with van der Waals surface area (Å²) in [5, 5.41) is 9.84. The first-order valence-electron chi connectivity index (χ1n) is 6.31. The SMILES string of the molecule is CN(CC1CCCO1)CC1COCCC1O. The highest BCUT2D eigenvalue weighted by molar-refractivity contribution is 4.77. The Morgan fingerprint density at radius 3 is 2.81 bits per heavy atom. The zero-order valence-corrected chi connectivity index (χ0v) is 10.1. The number of aliphatic hydroxyl groups excluding tert-OH is 1. The van der Waals surface area contributed by atoms with Gasteiger partial charge in [-0.2, -0.15) is 0 Å². The van der Waals surface area contributed by atoms with Crippen molar-refractivity contribution in [3.05, 3.63) is 0 Å². The van der Waals surface area contributed by atoms with Crippen molar-refractivity contribution in [2.24, 2.45) is 5.92 Å². The van der Waals surface area contributed by atoms with Gasteiger partial charge in [0, 0.05) is 32.2 Å². The van der Waals surface area contributed by atoms with Gasteiger partial charge in [0.05, 0.1) is 18.8 Å². The van der Waals surface area contributed by atoms with Gasteiger partial charge >= 0.3 is 0 Å². The number of nitrogens with zero attached hydrogens (tertiary/aromatic N) is 1. The van der Waals surface area contributed by atoms with Gasteiger partial charge in [0.25, 0.3) is 0 Å². The van der Waals surface area contributed by atoms with Crippen molar-refractivity contribution in [2.75, 3.05) is 40.0 Å². The summed E-state index contributed by atoms with van der Waals surface area (Å²) in [6, 6.07) is 0. The summed E-state index contributed by atoms with van der Waals surface area (Å²) in [6.07, 6.45) is 3.34. The lowest BCUT2D eigenvalue weighted by Gasteiger charge is -2.31. The van der Waals surface area contributed by atoms with Crippen LogP contribution in [-0.2, 0) is 9.47 Å². The van der Waals surface area contributed by atoms with Gasteiger partial charge in [0.2, 0.25) is 0 Å². The fourth-order valence-corrected chi connectivity index (χ4v) is 2.57. The second-order valence-electron chi connectivity index (χ2n) is 5.05. The molecule has 0 aromatic carbocycles. The summed E-state index contributed by atoms with van der Waals surface area (Å²) in [6.45, 7) is 4.18. The van der Waals surface area contributed by atoms with Crippen molar-refractivity contribution in [3.63, 3.8) is 0 Å². The van der Waals surface area contributed by atoms with Gasteiger partial charge in [-0.15, -0.1) is 0 Å². The van der Waals surface area contributed by atoms with Crippen LogP contribution in [0, 0.1) is 5.92 Å². The molecule has 0 bridgehead atoms. The Balaban J connectivity index is 1.70. The van der Waals surface area contributed by atoms with Crippen molar-refractivity contribution in [2.45, 2.75) is 31.5 Å². The Kier molecular flexibility index (Phi) is 4.58. The molecule has 2 aliphatic rings. The normalized spacial score (nSPS) is 35.8. The molecule has 3 atom stereocenters. The predicted octanol–water partition coefficient (Wildman–Crippen LogP) is 0.495. The molecule has 94 valence electrons. The molecule has 2 rings (SSSR count). The van der Waals surface area contributed by atoms with E-state index in [1.807, 2.05) is 0 Å². The van der Waals surface area contributed by atoms with E-state index in [9.17, 15) is 5.11 Å². The van der Waals surface area contributed by atoms with Crippen LogP contribution >= 0.6 is 0 Å². The minimum atomic E-state index is -0.194. The third-order valence-corrected chi connectivity index (χ3v) is 3.52. The van der Waals surface area contributed by atoms with Crippen LogP contribution in [0.3, 0.4) is 0 Å². The maximum atomic E-state index is 9.84. The second-order valence-corrected chi connectivity index (χ2v) is 5.05. The smallest absolute Gasteiger partial charge is 0.0702 e. The van der Waals surface area contributed by atoms with E-state index >= 15 is 0 Å². The van der Waals surface area contributed by atoms with Crippen LogP contribution in [0.4, 0.5) is 0 Å². The van der Waals surface area contributed by atoms with Crippen LogP contribution in [0.1, 0.15) is 19.3 Å². The van der Waals surface area contributed by atoms with E-state index in [-0.39, 0.29) is 12.0 Å². The predicted molar refractivity (Wildman–Crippen MR) is 61.4 cm³/mol. The lowest BCUT2D eigenvalue weighted by atomic mass is 9.98.